The molecule has 0 saturated carbocycles. The van der Waals surface area contributed by atoms with Crippen molar-refractivity contribution in [3.8, 4) is 0 Å². The van der Waals surface area contributed by atoms with E-state index >= 15 is 0 Å². The first kappa shape index (κ1) is 13.5. The van der Waals surface area contributed by atoms with Crippen molar-refractivity contribution in [1.82, 2.24) is 0 Å². The molecular weight excluding hydrogens is 293 g/mol. The van der Waals surface area contributed by atoms with Crippen molar-refractivity contribution >= 4 is 34.2 Å². The number of rotatable bonds is 3. The van der Waals surface area contributed by atoms with Crippen molar-refractivity contribution in [2.75, 3.05) is 0 Å². The van der Waals surface area contributed by atoms with Gasteiger partial charge in [-0.3, -0.25) is 0 Å². The van der Waals surface area contributed by atoms with Crippen LogP contribution in [0.5, 0.6) is 0 Å². The topological polar surface area (TPSA) is 39.2 Å². The van der Waals surface area contributed by atoms with Gasteiger partial charge in [0.25, 0.3) is 0 Å². The molecule has 3 aromatic rings. The maximum Gasteiger partial charge on any atom is 0.134 e. The van der Waals surface area contributed by atoms with Crippen molar-refractivity contribution in [2.45, 2.75) is 12.5 Å². The third-order valence-corrected chi connectivity index (χ3v) is 3.85. The van der Waals surface area contributed by atoms with Crippen LogP contribution >= 0.6 is 23.2 Å². The molecule has 1 heterocycles. The minimum atomic E-state index is -0.235. The van der Waals surface area contributed by atoms with E-state index in [0.29, 0.717) is 16.5 Å². The number of para-hydroxylation sites is 1. The van der Waals surface area contributed by atoms with Gasteiger partial charge in [0.2, 0.25) is 0 Å². The Balaban J connectivity index is 1.86. The van der Waals surface area contributed by atoms with Gasteiger partial charge in [-0.1, -0.05) is 47.5 Å². The molecule has 0 amide bonds. The van der Waals surface area contributed by atoms with E-state index in [1.165, 1.54) is 0 Å². The normalized spacial score (nSPS) is 12.8. The first-order valence-electron chi connectivity index (χ1n) is 6.31. The van der Waals surface area contributed by atoms with Gasteiger partial charge in [0.15, 0.2) is 0 Å². The number of nitrogens with two attached hydrogens (primary N) is 1. The van der Waals surface area contributed by atoms with Crippen LogP contribution in [0.3, 0.4) is 0 Å². The largest absolute Gasteiger partial charge is 0.459 e. The molecule has 4 heteroatoms. The van der Waals surface area contributed by atoms with Gasteiger partial charge in [0.1, 0.15) is 11.3 Å². The lowest BCUT2D eigenvalue weighted by Crippen LogP contribution is -2.12. The van der Waals surface area contributed by atoms with E-state index in [2.05, 4.69) is 0 Å². The van der Waals surface area contributed by atoms with Crippen molar-refractivity contribution in [1.29, 1.82) is 0 Å². The summed E-state index contributed by atoms with van der Waals surface area (Å²) < 4.78 is 5.77. The first-order chi connectivity index (χ1) is 9.63. The quantitative estimate of drug-likeness (QED) is 0.741. The number of benzene rings is 2. The number of fused-ring (bicyclic) bond motifs is 1. The summed E-state index contributed by atoms with van der Waals surface area (Å²) >= 11 is 12.1. The molecule has 0 aliphatic rings. The van der Waals surface area contributed by atoms with Crippen LogP contribution in [-0.4, -0.2) is 0 Å². The number of hydrogen-bond donors (Lipinski definition) is 1. The van der Waals surface area contributed by atoms with E-state index in [9.17, 15) is 0 Å². The summed E-state index contributed by atoms with van der Waals surface area (Å²) in [5.74, 6) is 0.761. The Morgan fingerprint density at radius 1 is 1.05 bits per heavy atom. The Kier molecular flexibility index (Phi) is 3.70. The second-order valence-corrected chi connectivity index (χ2v) is 5.58. The lowest BCUT2D eigenvalue weighted by molar-refractivity contribution is 0.494. The fraction of sp³-hybridized carbons (Fsp3) is 0.125. The summed E-state index contributed by atoms with van der Waals surface area (Å²) in [6, 6.07) is 15.0. The highest BCUT2D eigenvalue weighted by Crippen LogP contribution is 2.28. The molecule has 2 nitrogen and oxygen atoms in total. The molecule has 2 aromatic carbocycles. The average Bonchev–Trinajstić information content (AvgIpc) is 2.86. The molecular formula is C16H13Cl2NO. The second kappa shape index (κ2) is 5.49. The molecule has 3 rings (SSSR count). The van der Waals surface area contributed by atoms with Crippen LogP contribution in [0.15, 0.2) is 52.9 Å². The number of hydrogen-bond acceptors (Lipinski definition) is 2. The third-order valence-electron chi connectivity index (χ3n) is 3.26. The Bertz CT molecular complexity index is 718. The predicted molar refractivity (Wildman–Crippen MR) is 83.3 cm³/mol. The molecule has 1 aromatic heterocycles. The number of halogens is 2. The van der Waals surface area contributed by atoms with Crippen LogP contribution in [0, 0.1) is 0 Å². The van der Waals surface area contributed by atoms with Gasteiger partial charge < -0.3 is 10.2 Å². The highest BCUT2D eigenvalue weighted by molar-refractivity contribution is 6.35. The van der Waals surface area contributed by atoms with Gasteiger partial charge in [-0.05, 0) is 36.2 Å². The van der Waals surface area contributed by atoms with E-state index < -0.39 is 0 Å². The van der Waals surface area contributed by atoms with Crippen LogP contribution in [-0.2, 0) is 6.42 Å². The van der Waals surface area contributed by atoms with E-state index in [1.54, 1.807) is 6.07 Å². The zero-order chi connectivity index (χ0) is 14.1. The summed E-state index contributed by atoms with van der Waals surface area (Å²) in [4.78, 5) is 0. The second-order valence-electron chi connectivity index (χ2n) is 4.73. The van der Waals surface area contributed by atoms with E-state index in [4.69, 9.17) is 33.4 Å². The summed E-state index contributed by atoms with van der Waals surface area (Å²) in [5.41, 5.74) is 8.02. The predicted octanol–water partition coefficient (Wildman–Crippen LogP) is 4.98. The zero-order valence-corrected chi connectivity index (χ0v) is 12.2. The van der Waals surface area contributed by atoms with Crippen LogP contribution in [0.2, 0.25) is 10.0 Å². The Labute approximate surface area is 127 Å². The van der Waals surface area contributed by atoms with Crippen molar-refractivity contribution in [3.05, 3.63) is 69.9 Å². The molecule has 0 aliphatic carbocycles. The Hall–Kier alpha value is -1.48. The molecule has 1 unspecified atom stereocenters. The Morgan fingerprint density at radius 3 is 2.60 bits per heavy atom. The summed E-state index contributed by atoms with van der Waals surface area (Å²) in [6.07, 6.45) is 0.607. The summed E-state index contributed by atoms with van der Waals surface area (Å²) in [6.45, 7) is 0. The summed E-state index contributed by atoms with van der Waals surface area (Å²) in [5, 5.41) is 2.31. The molecule has 102 valence electrons. The van der Waals surface area contributed by atoms with E-state index in [1.807, 2.05) is 42.5 Å². The lowest BCUT2D eigenvalue weighted by atomic mass is 10.0. The minimum Gasteiger partial charge on any atom is -0.459 e. The molecule has 0 saturated heterocycles. The van der Waals surface area contributed by atoms with Gasteiger partial charge >= 0.3 is 0 Å². The third kappa shape index (κ3) is 2.68. The van der Waals surface area contributed by atoms with Crippen LogP contribution in [0.25, 0.3) is 11.0 Å². The molecule has 0 aliphatic heterocycles. The molecule has 2 N–H and O–H groups in total. The van der Waals surface area contributed by atoms with Gasteiger partial charge in [0.05, 0.1) is 6.04 Å². The van der Waals surface area contributed by atoms with Gasteiger partial charge in [0, 0.05) is 15.4 Å². The minimum absolute atomic E-state index is 0.235. The molecule has 0 spiro atoms. The monoisotopic (exact) mass is 305 g/mol. The Morgan fingerprint density at radius 2 is 1.85 bits per heavy atom. The maximum absolute atomic E-state index is 6.21. The first-order valence-corrected chi connectivity index (χ1v) is 7.07. The molecule has 1 atom stereocenters. The summed E-state index contributed by atoms with van der Waals surface area (Å²) in [7, 11) is 0. The molecule has 0 radical (unpaired) electrons. The van der Waals surface area contributed by atoms with Crippen molar-refractivity contribution < 1.29 is 4.42 Å². The maximum atomic E-state index is 6.21. The van der Waals surface area contributed by atoms with Crippen molar-refractivity contribution in [3.63, 3.8) is 0 Å². The molecule has 0 fully saturated rings. The highest BCUT2D eigenvalue weighted by Gasteiger charge is 2.14. The van der Waals surface area contributed by atoms with Gasteiger partial charge in [-0.2, -0.15) is 0 Å². The average molecular weight is 306 g/mol. The van der Waals surface area contributed by atoms with Crippen LogP contribution in [0.4, 0.5) is 0 Å². The van der Waals surface area contributed by atoms with Crippen molar-refractivity contribution in [2.24, 2.45) is 5.73 Å². The number of furan rings is 1. The van der Waals surface area contributed by atoms with E-state index in [-0.39, 0.29) is 6.04 Å². The highest BCUT2D eigenvalue weighted by atomic mass is 35.5. The fourth-order valence-electron chi connectivity index (χ4n) is 2.21. The van der Waals surface area contributed by atoms with E-state index in [0.717, 1.165) is 22.3 Å². The fourth-order valence-corrected chi connectivity index (χ4v) is 2.70. The SMILES string of the molecule is NC(Cc1ccc(Cl)cc1Cl)c1cc2ccccc2o1. The molecule has 20 heavy (non-hydrogen) atoms. The standard InChI is InChI=1S/C16H13Cl2NO/c17-12-6-5-10(13(18)9-12)7-14(19)16-8-11-3-1-2-4-15(11)20-16/h1-6,8-9,14H,7,19H2. The van der Waals surface area contributed by atoms with Gasteiger partial charge in [-0.15, -0.1) is 0 Å². The van der Waals surface area contributed by atoms with Gasteiger partial charge in [-0.25, -0.2) is 0 Å². The smallest absolute Gasteiger partial charge is 0.134 e. The van der Waals surface area contributed by atoms with Crippen LogP contribution < -0.4 is 5.73 Å². The molecule has 0 bridgehead atoms. The lowest BCUT2D eigenvalue weighted by Gasteiger charge is -2.10. The zero-order valence-electron chi connectivity index (χ0n) is 10.6. The van der Waals surface area contributed by atoms with Crippen LogP contribution in [0.1, 0.15) is 17.4 Å².